The molecule has 1 aromatic rings. The second kappa shape index (κ2) is 12.9. The number of fused-ring (bicyclic) bond motifs is 2. The first-order valence-electron chi connectivity index (χ1n) is 15.2. The fraction of sp³-hybridized carbons (Fsp3) is 0.600. The normalized spacial score (nSPS) is 30.5. The molecule has 2 aliphatic heterocycles. The van der Waals surface area contributed by atoms with Gasteiger partial charge in [0.15, 0.2) is 0 Å². The molecule has 0 unspecified atom stereocenters. The van der Waals surface area contributed by atoms with Crippen molar-refractivity contribution in [3.8, 4) is 0 Å². The Morgan fingerprint density at radius 1 is 1.09 bits per heavy atom. The molecule has 4 aliphatic rings. The molecule has 0 spiro atoms. The zero-order chi connectivity index (χ0) is 30.8. The largest absolute Gasteiger partial charge is 0.344 e. The summed E-state index contributed by atoms with van der Waals surface area (Å²) in [5.74, 6) is -2.10. The van der Waals surface area contributed by atoms with Crippen LogP contribution >= 0.6 is 11.6 Å². The molecule has 4 amide bonds. The van der Waals surface area contributed by atoms with Gasteiger partial charge in [-0.25, -0.2) is 4.72 Å². The molecule has 0 bridgehead atoms. The summed E-state index contributed by atoms with van der Waals surface area (Å²) < 4.78 is 30.1. The Balaban J connectivity index is 1.37. The monoisotopic (exact) mass is 633 g/mol. The summed E-state index contributed by atoms with van der Waals surface area (Å²) in [6.45, 7) is 2.38. The molecule has 2 saturated carbocycles. The van der Waals surface area contributed by atoms with Gasteiger partial charge in [-0.1, -0.05) is 49.9 Å². The molecule has 43 heavy (non-hydrogen) atoms. The van der Waals surface area contributed by atoms with Crippen molar-refractivity contribution in [2.24, 2.45) is 17.8 Å². The number of benzene rings is 1. The number of halogens is 1. The molecule has 2 aliphatic carbocycles. The van der Waals surface area contributed by atoms with E-state index in [1.807, 2.05) is 19.1 Å². The molecule has 11 nitrogen and oxygen atoms in total. The van der Waals surface area contributed by atoms with Crippen molar-refractivity contribution in [2.45, 2.75) is 88.8 Å². The number of allylic oxidation sites excluding steroid dienone is 1. The van der Waals surface area contributed by atoms with Crippen molar-refractivity contribution in [1.82, 2.24) is 20.3 Å². The van der Waals surface area contributed by atoms with Crippen LogP contribution in [0.15, 0.2) is 36.4 Å². The lowest BCUT2D eigenvalue weighted by molar-refractivity contribution is -0.142. The lowest BCUT2D eigenvalue weighted by atomic mass is 10.0. The maximum atomic E-state index is 13.9. The zero-order valence-corrected chi connectivity index (χ0v) is 25.9. The first-order chi connectivity index (χ1) is 20.5. The molecule has 13 heteroatoms. The third-order valence-electron chi connectivity index (χ3n) is 8.94. The zero-order valence-electron chi connectivity index (χ0n) is 24.3. The number of hydrogen-bond donors (Lipinski definition) is 4. The van der Waals surface area contributed by atoms with E-state index in [0.29, 0.717) is 24.4 Å². The highest BCUT2D eigenvalue weighted by molar-refractivity contribution is 7.91. The van der Waals surface area contributed by atoms with E-state index in [1.54, 1.807) is 4.90 Å². The number of nitrogens with one attached hydrogen (secondary N) is 4. The van der Waals surface area contributed by atoms with Crippen LogP contribution in [0.4, 0.5) is 5.69 Å². The van der Waals surface area contributed by atoms with Gasteiger partial charge in [-0.15, -0.1) is 0 Å². The number of hydrogen-bond acceptors (Lipinski definition) is 6. The molecule has 1 aromatic carbocycles. The molecule has 5 atom stereocenters. The van der Waals surface area contributed by atoms with Crippen LogP contribution in [0.2, 0.25) is 5.02 Å². The van der Waals surface area contributed by atoms with Gasteiger partial charge in [0.05, 0.1) is 5.69 Å². The minimum Gasteiger partial charge on any atom is -0.344 e. The average Bonchev–Trinajstić information content (AvgIpc) is 3.88. The van der Waals surface area contributed by atoms with Gasteiger partial charge in [0.1, 0.15) is 17.6 Å². The third kappa shape index (κ3) is 7.52. The molecule has 1 saturated heterocycles. The Bertz CT molecular complexity index is 1380. The van der Waals surface area contributed by atoms with Crippen LogP contribution < -0.4 is 20.1 Å². The van der Waals surface area contributed by atoms with Crippen LogP contribution in [0.5, 0.6) is 0 Å². The number of nitrogens with zero attached hydrogens (tertiary/aromatic N) is 1. The summed E-state index contributed by atoms with van der Waals surface area (Å²) in [5, 5.41) is 6.24. The van der Waals surface area contributed by atoms with Crippen LogP contribution in [0.3, 0.4) is 0 Å². The highest BCUT2D eigenvalue weighted by Gasteiger charge is 2.61. The van der Waals surface area contributed by atoms with Gasteiger partial charge < -0.3 is 15.5 Å². The van der Waals surface area contributed by atoms with Gasteiger partial charge in [-0.05, 0) is 75.1 Å². The first-order valence-corrected chi connectivity index (χ1v) is 17.1. The van der Waals surface area contributed by atoms with Crippen molar-refractivity contribution in [2.75, 3.05) is 11.3 Å². The molecule has 234 valence electrons. The molecule has 0 aromatic heterocycles. The quantitative estimate of drug-likeness (QED) is 0.339. The van der Waals surface area contributed by atoms with E-state index in [9.17, 15) is 27.6 Å². The maximum absolute atomic E-state index is 13.9. The third-order valence-corrected chi connectivity index (χ3v) is 10.1. The average molecular weight is 634 g/mol. The highest BCUT2D eigenvalue weighted by atomic mass is 35.5. The van der Waals surface area contributed by atoms with Crippen molar-refractivity contribution < 1.29 is 27.6 Å². The Morgan fingerprint density at radius 3 is 2.53 bits per heavy atom. The van der Waals surface area contributed by atoms with Gasteiger partial charge in [-0.3, -0.25) is 23.9 Å². The Hall–Kier alpha value is -3.12. The number of anilines is 1. The Kier molecular flexibility index (Phi) is 9.36. The van der Waals surface area contributed by atoms with Gasteiger partial charge in [0.2, 0.25) is 17.7 Å². The van der Waals surface area contributed by atoms with Gasteiger partial charge in [0, 0.05) is 23.4 Å². The molecular formula is C30H40ClN5O6S. The first kappa shape index (κ1) is 31.3. The molecule has 3 fully saturated rings. The SMILES string of the molecule is CC[C@@H]1C[C@H]2C(=O)N[C@]3(C(=O)NS(=O)(=O)Nc4ccc(Cl)cc4)C[C@H]3/C=C\CCCCC[C@H](NC(=O)C3CC3)C(=O)N2C1. The standard InChI is InChI=1S/C30H40ClN5O6S/c1-2-19-16-25-27(38)33-30(29(40)35-43(41,42)34-23-14-12-22(31)13-15-23)17-21(30)8-6-4-3-5-7-9-24(28(39)36(25)18-19)32-26(37)20-10-11-20/h6,8,12-15,19-21,24-25,34H,2-5,7,9-11,16-18H2,1H3,(H,32,37)(H,33,38)(H,35,40)/b8-6-/t19-,21-,24+,25+,30-/m1/s1. The van der Waals surface area contributed by atoms with Crippen LogP contribution in [0, 0.1) is 17.8 Å². The summed E-state index contributed by atoms with van der Waals surface area (Å²) in [4.78, 5) is 55.5. The summed E-state index contributed by atoms with van der Waals surface area (Å²) in [5.41, 5.74) is -1.25. The van der Waals surface area contributed by atoms with Crippen molar-refractivity contribution in [1.29, 1.82) is 0 Å². The molecule has 0 radical (unpaired) electrons. The topological polar surface area (TPSA) is 154 Å². The summed E-state index contributed by atoms with van der Waals surface area (Å²) >= 11 is 5.88. The number of carbonyl (C=O) groups is 4. The van der Waals surface area contributed by atoms with Gasteiger partial charge in [0.25, 0.3) is 5.91 Å². The fourth-order valence-electron chi connectivity index (χ4n) is 6.05. The van der Waals surface area contributed by atoms with Crippen molar-refractivity contribution >= 4 is 51.1 Å². The summed E-state index contributed by atoms with van der Waals surface area (Å²) in [6, 6.07) is 4.42. The summed E-state index contributed by atoms with van der Waals surface area (Å²) in [6.07, 6.45) is 10.6. The second-order valence-electron chi connectivity index (χ2n) is 12.2. The van der Waals surface area contributed by atoms with E-state index in [-0.39, 0.29) is 35.8 Å². The number of amides is 4. The predicted octanol–water partition coefficient (Wildman–Crippen LogP) is 3.03. The lowest BCUT2D eigenvalue weighted by Crippen LogP contribution is -2.58. The van der Waals surface area contributed by atoms with Crippen LogP contribution in [-0.2, 0) is 29.4 Å². The Morgan fingerprint density at radius 2 is 1.84 bits per heavy atom. The minimum atomic E-state index is -4.32. The fourth-order valence-corrected chi connectivity index (χ4v) is 7.10. The molecule has 5 rings (SSSR count). The highest BCUT2D eigenvalue weighted by Crippen LogP contribution is 2.46. The van der Waals surface area contributed by atoms with E-state index < -0.39 is 45.6 Å². The maximum Gasteiger partial charge on any atom is 0.323 e. The van der Waals surface area contributed by atoms with E-state index in [4.69, 9.17) is 11.6 Å². The van der Waals surface area contributed by atoms with Crippen molar-refractivity contribution in [3.05, 3.63) is 41.4 Å². The minimum absolute atomic E-state index is 0.0498. The predicted molar refractivity (Wildman–Crippen MR) is 162 cm³/mol. The van der Waals surface area contributed by atoms with Crippen molar-refractivity contribution in [3.63, 3.8) is 0 Å². The van der Waals surface area contributed by atoms with Gasteiger partial charge in [-0.2, -0.15) is 8.42 Å². The molecule has 2 heterocycles. The van der Waals surface area contributed by atoms with E-state index in [0.717, 1.165) is 44.9 Å². The summed E-state index contributed by atoms with van der Waals surface area (Å²) in [7, 11) is -4.32. The second-order valence-corrected chi connectivity index (χ2v) is 14.1. The van der Waals surface area contributed by atoms with Crippen LogP contribution in [0.25, 0.3) is 0 Å². The van der Waals surface area contributed by atoms with E-state index in [2.05, 4.69) is 20.1 Å². The molecular weight excluding hydrogens is 594 g/mol. The lowest BCUT2D eigenvalue weighted by Gasteiger charge is -2.30. The van der Waals surface area contributed by atoms with Crippen LogP contribution in [0.1, 0.15) is 71.1 Å². The Labute approximate surface area is 257 Å². The van der Waals surface area contributed by atoms with Crippen LogP contribution in [-0.4, -0.2) is 61.1 Å². The van der Waals surface area contributed by atoms with E-state index >= 15 is 0 Å². The molecule has 4 N–H and O–H groups in total. The van der Waals surface area contributed by atoms with E-state index in [1.165, 1.54) is 24.3 Å². The van der Waals surface area contributed by atoms with Gasteiger partial charge >= 0.3 is 10.2 Å². The number of carbonyl (C=O) groups excluding carboxylic acids is 4. The number of rotatable bonds is 7. The smallest absolute Gasteiger partial charge is 0.323 e.